The van der Waals surface area contributed by atoms with Crippen LogP contribution in [0.3, 0.4) is 0 Å². The van der Waals surface area contributed by atoms with Crippen LogP contribution in [0.25, 0.3) is 0 Å². The largest absolute Gasteiger partial charge is 0.491 e. The van der Waals surface area contributed by atoms with Gasteiger partial charge in [-0.05, 0) is 43.5 Å². The van der Waals surface area contributed by atoms with Gasteiger partial charge in [0.15, 0.2) is 0 Å². The molecule has 0 fully saturated rings. The SMILES string of the molecule is C=CC(=O)OCC(O)COCC(CC)CCCC.C=CC(=O)OCC(O)COc1ccc(C)cc1.C=CC(=O)OCC(O)COc1ccccc1. The molecule has 0 aliphatic heterocycles. The van der Waals surface area contributed by atoms with Crippen LogP contribution >= 0.6 is 0 Å². The first-order chi connectivity index (χ1) is 24.5. The zero-order valence-electron chi connectivity index (χ0n) is 30.2. The van der Waals surface area contributed by atoms with E-state index in [4.69, 9.17) is 18.9 Å². The summed E-state index contributed by atoms with van der Waals surface area (Å²) in [6.45, 7) is 16.8. The Hall–Kier alpha value is -4.49. The Morgan fingerprint density at radius 3 is 1.47 bits per heavy atom. The second-order valence-corrected chi connectivity index (χ2v) is 11.2. The summed E-state index contributed by atoms with van der Waals surface area (Å²) in [6.07, 6.45) is 5.36. The molecular weight excluding hydrogens is 660 g/mol. The molecule has 2 aromatic carbocycles. The van der Waals surface area contributed by atoms with Gasteiger partial charge in [0.2, 0.25) is 0 Å². The second-order valence-electron chi connectivity index (χ2n) is 11.2. The number of para-hydroxylation sites is 1. The number of rotatable bonds is 23. The molecule has 0 aromatic heterocycles. The molecule has 0 aliphatic rings. The predicted octanol–water partition coefficient (Wildman–Crippen LogP) is 4.93. The average Bonchev–Trinajstić information content (AvgIpc) is 3.16. The van der Waals surface area contributed by atoms with Crippen LogP contribution in [-0.2, 0) is 33.3 Å². The Labute approximate surface area is 302 Å². The number of aliphatic hydroxyl groups is 3. The van der Waals surface area contributed by atoms with Crippen molar-refractivity contribution in [3.63, 3.8) is 0 Å². The van der Waals surface area contributed by atoms with E-state index < -0.39 is 36.2 Å². The van der Waals surface area contributed by atoms with E-state index in [1.807, 2.05) is 49.4 Å². The first-order valence-electron chi connectivity index (χ1n) is 16.8. The van der Waals surface area contributed by atoms with Crippen molar-refractivity contribution < 1.29 is 58.1 Å². The molecule has 12 nitrogen and oxygen atoms in total. The summed E-state index contributed by atoms with van der Waals surface area (Å²) < 4.78 is 30.1. The first-order valence-corrected chi connectivity index (χ1v) is 16.8. The smallest absolute Gasteiger partial charge is 0.330 e. The van der Waals surface area contributed by atoms with Crippen molar-refractivity contribution in [2.75, 3.05) is 46.2 Å². The Balaban J connectivity index is 0.000000736. The molecule has 3 N–H and O–H groups in total. The second kappa shape index (κ2) is 30.3. The minimum Gasteiger partial charge on any atom is -0.491 e. The number of carbonyl (C=O) groups excluding carboxylic acids is 3. The molecule has 0 spiro atoms. The molecule has 4 unspecified atom stereocenters. The predicted molar refractivity (Wildman–Crippen MR) is 194 cm³/mol. The summed E-state index contributed by atoms with van der Waals surface area (Å²) in [4.78, 5) is 32.2. The van der Waals surface area contributed by atoms with Crippen LogP contribution in [0, 0.1) is 12.8 Å². The topological polar surface area (TPSA) is 167 Å². The maximum Gasteiger partial charge on any atom is 0.330 e. The van der Waals surface area contributed by atoms with Crippen molar-refractivity contribution in [2.45, 2.75) is 64.8 Å². The van der Waals surface area contributed by atoms with Gasteiger partial charge in [-0.25, -0.2) is 14.4 Å². The first kappa shape index (κ1) is 46.5. The van der Waals surface area contributed by atoms with E-state index in [9.17, 15) is 29.7 Å². The molecule has 2 aromatic rings. The lowest BCUT2D eigenvalue weighted by Gasteiger charge is -2.16. The normalized spacial score (nSPS) is 12.4. The standard InChI is InChI=1S/C14H26O4.C13H16O4.C12H14O4/c1-4-7-8-12(5-2)9-17-10-13(15)11-18-14(16)6-3;1-3-13(15)17-9-11(14)8-16-12-6-4-10(2)5-7-12;1-2-12(14)16-9-10(13)8-15-11-6-4-3-5-7-11/h6,12-13,15H,3-5,7-11H2,1-2H3;3-7,11,14H,1,8-9H2,2H3;2-7,10,13H,1,8-9H2. The third kappa shape index (κ3) is 27.0. The number of ether oxygens (including phenoxy) is 6. The summed E-state index contributed by atoms with van der Waals surface area (Å²) in [5.41, 5.74) is 1.14. The molecule has 0 radical (unpaired) electrons. The van der Waals surface area contributed by atoms with Crippen LogP contribution in [0.5, 0.6) is 11.5 Å². The lowest BCUT2D eigenvalue weighted by atomic mass is 10.0. The molecule has 2 rings (SSSR count). The number of esters is 3. The molecule has 4 atom stereocenters. The highest BCUT2D eigenvalue weighted by Gasteiger charge is 2.11. The quantitative estimate of drug-likeness (QED) is 0.0808. The van der Waals surface area contributed by atoms with Gasteiger partial charge < -0.3 is 43.7 Å². The van der Waals surface area contributed by atoms with E-state index in [-0.39, 0.29) is 39.6 Å². The molecular formula is C39H56O12. The summed E-state index contributed by atoms with van der Waals surface area (Å²) in [5, 5.41) is 28.4. The number of carbonyl (C=O) groups is 3. The summed E-state index contributed by atoms with van der Waals surface area (Å²) in [5.74, 6) is 0.246. The van der Waals surface area contributed by atoms with Crippen molar-refractivity contribution in [2.24, 2.45) is 5.92 Å². The van der Waals surface area contributed by atoms with E-state index in [0.717, 1.165) is 36.6 Å². The van der Waals surface area contributed by atoms with Crippen LogP contribution in [0.1, 0.15) is 45.1 Å². The van der Waals surface area contributed by atoms with Crippen LogP contribution in [-0.4, -0.2) is 97.8 Å². The molecule has 0 heterocycles. The highest BCUT2D eigenvalue weighted by molar-refractivity contribution is 5.81. The number of aliphatic hydroxyl groups excluding tert-OH is 3. The van der Waals surface area contributed by atoms with Crippen LogP contribution in [0.2, 0.25) is 0 Å². The monoisotopic (exact) mass is 716 g/mol. The maximum atomic E-state index is 10.8. The zero-order valence-corrected chi connectivity index (χ0v) is 30.2. The molecule has 51 heavy (non-hydrogen) atoms. The van der Waals surface area contributed by atoms with E-state index in [1.165, 1.54) is 12.8 Å². The number of aryl methyl sites for hydroxylation is 1. The highest BCUT2D eigenvalue weighted by atomic mass is 16.6. The van der Waals surface area contributed by atoms with Gasteiger partial charge in [0, 0.05) is 24.8 Å². The molecule has 284 valence electrons. The molecule has 0 saturated heterocycles. The van der Waals surface area contributed by atoms with Gasteiger partial charge in [-0.1, -0.05) is 88.7 Å². The molecule has 12 heteroatoms. The average molecular weight is 717 g/mol. The van der Waals surface area contributed by atoms with Gasteiger partial charge in [0.1, 0.15) is 62.8 Å². The highest BCUT2D eigenvalue weighted by Crippen LogP contribution is 2.13. The summed E-state index contributed by atoms with van der Waals surface area (Å²) in [6, 6.07) is 16.6. The summed E-state index contributed by atoms with van der Waals surface area (Å²) >= 11 is 0. The fourth-order valence-electron chi connectivity index (χ4n) is 3.66. The van der Waals surface area contributed by atoms with Gasteiger partial charge in [-0.2, -0.15) is 0 Å². The van der Waals surface area contributed by atoms with Gasteiger partial charge in [-0.15, -0.1) is 0 Å². The van der Waals surface area contributed by atoms with Gasteiger partial charge >= 0.3 is 17.9 Å². The Morgan fingerprint density at radius 2 is 1.06 bits per heavy atom. The van der Waals surface area contributed by atoms with E-state index in [0.29, 0.717) is 24.0 Å². The zero-order chi connectivity index (χ0) is 38.3. The van der Waals surface area contributed by atoms with E-state index >= 15 is 0 Å². The molecule has 0 bridgehead atoms. The Bertz CT molecular complexity index is 1230. The van der Waals surface area contributed by atoms with Crippen LogP contribution in [0.15, 0.2) is 92.6 Å². The van der Waals surface area contributed by atoms with Crippen molar-refractivity contribution in [3.05, 3.63) is 98.1 Å². The minimum atomic E-state index is -0.847. The van der Waals surface area contributed by atoms with Crippen molar-refractivity contribution in [1.82, 2.24) is 0 Å². The number of benzene rings is 2. The van der Waals surface area contributed by atoms with Crippen LogP contribution < -0.4 is 9.47 Å². The van der Waals surface area contributed by atoms with Gasteiger partial charge in [0.25, 0.3) is 0 Å². The Morgan fingerprint density at radius 1 is 0.627 bits per heavy atom. The molecule has 0 amide bonds. The fourth-order valence-corrected chi connectivity index (χ4v) is 3.66. The lowest BCUT2D eigenvalue weighted by Crippen LogP contribution is -2.24. The maximum absolute atomic E-state index is 10.8. The van der Waals surface area contributed by atoms with Gasteiger partial charge in [0.05, 0.1) is 6.61 Å². The molecule has 0 saturated carbocycles. The van der Waals surface area contributed by atoms with Gasteiger partial charge in [-0.3, -0.25) is 0 Å². The summed E-state index contributed by atoms with van der Waals surface area (Å²) in [7, 11) is 0. The van der Waals surface area contributed by atoms with Crippen molar-refractivity contribution >= 4 is 17.9 Å². The fraction of sp³-hybridized carbons (Fsp3) is 0.462. The third-order valence-electron chi connectivity index (χ3n) is 6.61. The minimum absolute atomic E-state index is 0.0450. The Kier molecular flexibility index (Phi) is 27.7. The molecule has 0 aliphatic carbocycles. The van der Waals surface area contributed by atoms with E-state index in [1.54, 1.807) is 12.1 Å². The van der Waals surface area contributed by atoms with E-state index in [2.05, 4.69) is 43.1 Å². The van der Waals surface area contributed by atoms with Crippen molar-refractivity contribution in [1.29, 1.82) is 0 Å². The third-order valence-corrected chi connectivity index (χ3v) is 6.61. The number of unbranched alkanes of at least 4 members (excludes halogenated alkanes) is 1. The lowest BCUT2D eigenvalue weighted by molar-refractivity contribution is -0.142. The van der Waals surface area contributed by atoms with Crippen molar-refractivity contribution in [3.8, 4) is 11.5 Å². The number of hydrogen-bond donors (Lipinski definition) is 3. The number of hydrogen-bond acceptors (Lipinski definition) is 12. The van der Waals surface area contributed by atoms with Crippen LogP contribution in [0.4, 0.5) is 0 Å².